The fourth-order valence-corrected chi connectivity index (χ4v) is 4.30. The van der Waals surface area contributed by atoms with E-state index < -0.39 is 0 Å². The number of methoxy groups -OCH3 is 1. The highest BCUT2D eigenvalue weighted by Gasteiger charge is 2.34. The number of rotatable bonds is 5. The Kier molecular flexibility index (Phi) is 5.64. The van der Waals surface area contributed by atoms with Gasteiger partial charge in [0, 0.05) is 18.5 Å². The molecule has 26 heavy (non-hydrogen) atoms. The van der Waals surface area contributed by atoms with Crippen molar-refractivity contribution >= 4 is 35.0 Å². The van der Waals surface area contributed by atoms with E-state index in [2.05, 4.69) is 11.4 Å². The molecule has 2 aromatic carbocycles. The molecule has 1 aliphatic rings. The van der Waals surface area contributed by atoms with Crippen LogP contribution in [0.1, 0.15) is 22.1 Å². The second-order valence-electron chi connectivity index (χ2n) is 6.38. The van der Waals surface area contributed by atoms with Crippen molar-refractivity contribution in [2.24, 2.45) is 0 Å². The average Bonchev–Trinajstić information content (AvgIpc) is 2.96. The lowest BCUT2D eigenvalue weighted by Gasteiger charge is -2.25. The number of aryl methyl sites for hydroxylation is 2. The first-order valence-electron chi connectivity index (χ1n) is 8.38. The molecule has 1 atom stereocenters. The Hall–Kier alpha value is -2.31. The van der Waals surface area contributed by atoms with Gasteiger partial charge in [-0.15, -0.1) is 11.8 Å². The second-order valence-corrected chi connectivity index (χ2v) is 7.45. The Morgan fingerprint density at radius 1 is 1.23 bits per heavy atom. The number of nitrogens with zero attached hydrogens (tertiary/aromatic N) is 1. The number of benzene rings is 2. The van der Waals surface area contributed by atoms with Gasteiger partial charge in [0.1, 0.15) is 12.0 Å². The molecule has 0 radical (unpaired) electrons. The summed E-state index contributed by atoms with van der Waals surface area (Å²) in [6.07, 6.45) is 0. The molecule has 136 valence electrons. The minimum absolute atomic E-state index is 0.00951. The number of carbonyl (C=O) groups is 2. The van der Waals surface area contributed by atoms with Gasteiger partial charge in [-0.05, 0) is 54.8 Å². The van der Waals surface area contributed by atoms with Crippen LogP contribution in [-0.2, 0) is 14.3 Å². The number of hydrogen-bond acceptors (Lipinski definition) is 4. The van der Waals surface area contributed by atoms with Crippen molar-refractivity contribution in [1.29, 1.82) is 0 Å². The van der Waals surface area contributed by atoms with Crippen LogP contribution < -0.4 is 10.2 Å². The monoisotopic (exact) mass is 370 g/mol. The minimum atomic E-state index is -0.203. The van der Waals surface area contributed by atoms with Crippen molar-refractivity contribution < 1.29 is 14.3 Å². The highest BCUT2D eigenvalue weighted by Crippen LogP contribution is 2.42. The van der Waals surface area contributed by atoms with Crippen molar-refractivity contribution in [3.63, 3.8) is 0 Å². The van der Waals surface area contributed by atoms with Gasteiger partial charge in [-0.25, -0.2) is 0 Å². The van der Waals surface area contributed by atoms with Crippen LogP contribution in [0, 0.1) is 13.8 Å². The van der Waals surface area contributed by atoms with Crippen LogP contribution in [0.25, 0.3) is 0 Å². The first-order chi connectivity index (χ1) is 12.5. The largest absolute Gasteiger partial charge is 0.375 e. The molecule has 0 saturated carbocycles. The number of nitrogens with one attached hydrogen (secondary N) is 1. The van der Waals surface area contributed by atoms with Crippen LogP contribution in [0.5, 0.6) is 0 Å². The number of carbonyl (C=O) groups excluding carboxylic acids is 2. The SMILES string of the molecule is COCC(=O)Nc1cccc([C@H]2SCC(=O)N2c2cc(C)cc(C)c2)c1. The lowest BCUT2D eigenvalue weighted by molar-refractivity contribution is -0.119. The molecule has 0 aromatic heterocycles. The smallest absolute Gasteiger partial charge is 0.250 e. The van der Waals surface area contributed by atoms with Crippen LogP contribution in [0.15, 0.2) is 42.5 Å². The molecule has 0 unspecified atom stereocenters. The molecule has 0 aliphatic carbocycles. The maximum atomic E-state index is 12.5. The molecule has 2 aromatic rings. The fraction of sp³-hybridized carbons (Fsp3) is 0.300. The van der Waals surface area contributed by atoms with E-state index in [4.69, 9.17) is 4.74 Å². The van der Waals surface area contributed by atoms with Crippen molar-refractivity contribution in [1.82, 2.24) is 0 Å². The normalized spacial score (nSPS) is 16.8. The Morgan fingerprint density at radius 2 is 1.96 bits per heavy atom. The van der Waals surface area contributed by atoms with Gasteiger partial charge >= 0.3 is 0 Å². The lowest BCUT2D eigenvalue weighted by Crippen LogP contribution is -2.28. The number of ether oxygens (including phenoxy) is 1. The summed E-state index contributed by atoms with van der Waals surface area (Å²) in [6, 6.07) is 13.8. The van der Waals surface area contributed by atoms with E-state index >= 15 is 0 Å². The van der Waals surface area contributed by atoms with Gasteiger partial charge in [0.05, 0.1) is 5.75 Å². The molecule has 3 rings (SSSR count). The zero-order valence-corrected chi connectivity index (χ0v) is 15.9. The molecule has 1 fully saturated rings. The van der Waals surface area contributed by atoms with Crippen LogP contribution in [0.3, 0.4) is 0 Å². The molecule has 2 amide bonds. The summed E-state index contributed by atoms with van der Waals surface area (Å²) < 4.78 is 4.85. The van der Waals surface area contributed by atoms with E-state index in [0.717, 1.165) is 22.4 Å². The average molecular weight is 370 g/mol. The Morgan fingerprint density at radius 3 is 2.65 bits per heavy atom. The first-order valence-corrected chi connectivity index (χ1v) is 9.43. The zero-order valence-electron chi connectivity index (χ0n) is 15.1. The minimum Gasteiger partial charge on any atom is -0.375 e. The van der Waals surface area contributed by atoms with Crippen molar-refractivity contribution in [2.75, 3.05) is 29.7 Å². The van der Waals surface area contributed by atoms with E-state index in [1.807, 2.05) is 55.1 Å². The summed E-state index contributed by atoms with van der Waals surface area (Å²) in [5, 5.41) is 2.71. The quantitative estimate of drug-likeness (QED) is 0.872. The summed E-state index contributed by atoms with van der Waals surface area (Å²) in [4.78, 5) is 26.1. The summed E-state index contributed by atoms with van der Waals surface area (Å²) in [7, 11) is 1.48. The third kappa shape index (κ3) is 4.08. The van der Waals surface area contributed by atoms with Crippen LogP contribution in [-0.4, -0.2) is 31.3 Å². The fourth-order valence-electron chi connectivity index (χ4n) is 3.14. The zero-order chi connectivity index (χ0) is 18.7. The molecule has 1 heterocycles. The number of amides is 2. The van der Waals surface area contributed by atoms with Crippen LogP contribution in [0.2, 0.25) is 0 Å². The molecule has 6 heteroatoms. The molecule has 0 bridgehead atoms. The molecular weight excluding hydrogens is 348 g/mol. The molecule has 0 spiro atoms. The molecule has 1 saturated heterocycles. The van der Waals surface area contributed by atoms with Gasteiger partial charge in [0.2, 0.25) is 11.8 Å². The van der Waals surface area contributed by atoms with Crippen molar-refractivity contribution in [3.8, 4) is 0 Å². The topological polar surface area (TPSA) is 58.6 Å². The second kappa shape index (κ2) is 7.93. The standard InChI is InChI=1S/C20H22N2O3S/c1-13-7-14(2)9-17(8-13)22-19(24)12-26-20(22)15-5-4-6-16(10-15)21-18(23)11-25-3/h4-10,20H,11-12H2,1-3H3,(H,21,23)/t20-/m1/s1. The van der Waals surface area contributed by atoms with E-state index in [9.17, 15) is 9.59 Å². The number of thioether (sulfide) groups is 1. The summed E-state index contributed by atoms with van der Waals surface area (Å²) in [6.45, 7) is 4.08. The summed E-state index contributed by atoms with van der Waals surface area (Å²) >= 11 is 1.60. The highest BCUT2D eigenvalue weighted by molar-refractivity contribution is 8.00. The lowest BCUT2D eigenvalue weighted by atomic mass is 10.1. The predicted molar refractivity (Wildman–Crippen MR) is 106 cm³/mol. The third-order valence-electron chi connectivity index (χ3n) is 4.08. The van der Waals surface area contributed by atoms with E-state index in [-0.39, 0.29) is 23.8 Å². The Labute approximate surface area is 157 Å². The Bertz CT molecular complexity index is 817. The maximum Gasteiger partial charge on any atom is 0.250 e. The number of anilines is 2. The van der Waals surface area contributed by atoms with Crippen LogP contribution in [0.4, 0.5) is 11.4 Å². The van der Waals surface area contributed by atoms with E-state index in [1.165, 1.54) is 7.11 Å². The summed E-state index contributed by atoms with van der Waals surface area (Å²) in [5.41, 5.74) is 4.85. The van der Waals surface area contributed by atoms with Gasteiger partial charge in [-0.3, -0.25) is 14.5 Å². The molecule has 5 nitrogen and oxygen atoms in total. The predicted octanol–water partition coefficient (Wildman–Crippen LogP) is 3.67. The number of hydrogen-bond donors (Lipinski definition) is 1. The van der Waals surface area contributed by atoms with Gasteiger partial charge in [-0.1, -0.05) is 18.2 Å². The van der Waals surface area contributed by atoms with Gasteiger partial charge < -0.3 is 10.1 Å². The molecule has 1 N–H and O–H groups in total. The van der Waals surface area contributed by atoms with E-state index in [1.54, 1.807) is 11.8 Å². The summed E-state index contributed by atoms with van der Waals surface area (Å²) in [5.74, 6) is 0.336. The van der Waals surface area contributed by atoms with Gasteiger partial charge in [-0.2, -0.15) is 0 Å². The van der Waals surface area contributed by atoms with Crippen LogP contribution >= 0.6 is 11.8 Å². The Balaban J connectivity index is 1.90. The highest BCUT2D eigenvalue weighted by atomic mass is 32.2. The molecule has 1 aliphatic heterocycles. The first kappa shape index (κ1) is 18.5. The van der Waals surface area contributed by atoms with Gasteiger partial charge in [0.15, 0.2) is 0 Å². The van der Waals surface area contributed by atoms with Crippen molar-refractivity contribution in [2.45, 2.75) is 19.2 Å². The molecular formula is C20H22N2O3S. The van der Waals surface area contributed by atoms with Gasteiger partial charge in [0.25, 0.3) is 0 Å². The third-order valence-corrected chi connectivity index (χ3v) is 5.30. The van der Waals surface area contributed by atoms with Crippen molar-refractivity contribution in [3.05, 3.63) is 59.2 Å². The van der Waals surface area contributed by atoms with E-state index in [0.29, 0.717) is 11.4 Å². The maximum absolute atomic E-state index is 12.5.